The second-order valence-electron chi connectivity index (χ2n) is 7.19. The van der Waals surface area contributed by atoms with E-state index < -0.39 is 0 Å². The Morgan fingerprint density at radius 3 is 2.93 bits per heavy atom. The number of rotatable bonds is 4. The molecular weight excluding hydrogens is 361 g/mol. The summed E-state index contributed by atoms with van der Waals surface area (Å²) in [5.74, 6) is 0.368. The van der Waals surface area contributed by atoms with E-state index >= 15 is 0 Å². The molecule has 0 N–H and O–H groups in total. The Kier molecular flexibility index (Phi) is 4.93. The molecule has 0 bridgehead atoms. The summed E-state index contributed by atoms with van der Waals surface area (Å²) in [6.45, 7) is 5.34. The van der Waals surface area contributed by atoms with E-state index in [2.05, 4.69) is 15.1 Å². The summed E-state index contributed by atoms with van der Waals surface area (Å²) in [6.07, 6.45) is 1.79. The fourth-order valence-corrected chi connectivity index (χ4v) is 3.55. The van der Waals surface area contributed by atoms with Crippen molar-refractivity contribution in [2.24, 2.45) is 5.92 Å². The van der Waals surface area contributed by atoms with Crippen LogP contribution in [0, 0.1) is 25.6 Å². The van der Waals surface area contributed by atoms with Crippen LogP contribution in [-0.4, -0.2) is 50.1 Å². The molecule has 0 saturated carbocycles. The molecule has 1 atom stereocenters. The summed E-state index contributed by atoms with van der Waals surface area (Å²) >= 11 is 0. The molecule has 3 aromatic rings. The normalized spacial score (nSPS) is 17.1. The standard InChI is InChI=1S/C20H22FN5O2/c1-13-10-14(2)26-20(22-13)23-18(24-26)19(27)25-9-5-6-15(11-25)12-28-17-8-4-3-7-16(17)21/h3-4,7-8,10,15H,5-6,9,11-12H2,1-2H3. The van der Waals surface area contributed by atoms with Gasteiger partial charge in [-0.3, -0.25) is 4.79 Å². The number of hydrogen-bond donors (Lipinski definition) is 0. The number of carbonyl (C=O) groups is 1. The summed E-state index contributed by atoms with van der Waals surface area (Å²) in [6, 6.07) is 8.25. The van der Waals surface area contributed by atoms with Crippen LogP contribution in [0.1, 0.15) is 34.8 Å². The number of fused-ring (bicyclic) bond motifs is 1. The molecule has 0 spiro atoms. The Labute approximate surface area is 162 Å². The van der Waals surface area contributed by atoms with Crippen molar-refractivity contribution in [3.05, 3.63) is 53.4 Å². The molecule has 1 aromatic carbocycles. The van der Waals surface area contributed by atoms with Gasteiger partial charge in [0.25, 0.3) is 11.7 Å². The zero-order valence-electron chi connectivity index (χ0n) is 15.9. The molecule has 3 heterocycles. The Morgan fingerprint density at radius 2 is 2.11 bits per heavy atom. The summed E-state index contributed by atoms with van der Waals surface area (Å²) in [7, 11) is 0. The van der Waals surface area contributed by atoms with Crippen molar-refractivity contribution in [1.29, 1.82) is 0 Å². The number of aromatic nitrogens is 4. The van der Waals surface area contributed by atoms with E-state index in [0.717, 1.165) is 24.2 Å². The number of para-hydroxylation sites is 1. The SMILES string of the molecule is Cc1cc(C)n2nc(C(=O)N3CCCC(COc4ccccc4F)C3)nc2n1. The first-order valence-corrected chi connectivity index (χ1v) is 9.39. The second kappa shape index (κ2) is 7.53. The van der Waals surface area contributed by atoms with Gasteiger partial charge in [0.05, 0.1) is 6.61 Å². The summed E-state index contributed by atoms with van der Waals surface area (Å²) < 4.78 is 20.9. The summed E-state index contributed by atoms with van der Waals surface area (Å²) in [5, 5.41) is 4.33. The van der Waals surface area contributed by atoms with E-state index in [1.807, 2.05) is 19.9 Å². The Bertz CT molecular complexity index is 1020. The Hall–Kier alpha value is -3.03. The second-order valence-corrected chi connectivity index (χ2v) is 7.19. The predicted octanol–water partition coefficient (Wildman–Crippen LogP) is 2.81. The first kappa shape index (κ1) is 18.3. The van der Waals surface area contributed by atoms with Crippen LogP contribution in [0.5, 0.6) is 5.75 Å². The van der Waals surface area contributed by atoms with Crippen LogP contribution in [0.2, 0.25) is 0 Å². The molecule has 7 nitrogen and oxygen atoms in total. The highest BCUT2D eigenvalue weighted by molar-refractivity contribution is 5.91. The van der Waals surface area contributed by atoms with Crippen LogP contribution < -0.4 is 4.74 Å². The first-order valence-electron chi connectivity index (χ1n) is 9.39. The zero-order valence-corrected chi connectivity index (χ0v) is 15.9. The van der Waals surface area contributed by atoms with Crippen molar-refractivity contribution >= 4 is 11.7 Å². The van der Waals surface area contributed by atoms with Crippen molar-refractivity contribution in [1.82, 2.24) is 24.5 Å². The van der Waals surface area contributed by atoms with Crippen molar-refractivity contribution in [2.75, 3.05) is 19.7 Å². The number of ether oxygens (including phenoxy) is 1. The molecule has 1 unspecified atom stereocenters. The number of piperidine rings is 1. The molecule has 1 aliphatic heterocycles. The molecular formula is C20H22FN5O2. The number of benzene rings is 1. The largest absolute Gasteiger partial charge is 0.490 e. The highest BCUT2D eigenvalue weighted by atomic mass is 19.1. The van der Waals surface area contributed by atoms with E-state index in [0.29, 0.717) is 25.5 Å². The van der Waals surface area contributed by atoms with E-state index in [1.165, 1.54) is 6.07 Å². The number of nitrogens with zero attached hydrogens (tertiary/aromatic N) is 5. The lowest BCUT2D eigenvalue weighted by Crippen LogP contribution is -2.42. The van der Waals surface area contributed by atoms with Crippen LogP contribution in [0.4, 0.5) is 4.39 Å². The van der Waals surface area contributed by atoms with Crippen LogP contribution in [0.15, 0.2) is 30.3 Å². The van der Waals surface area contributed by atoms with Crippen LogP contribution >= 0.6 is 0 Å². The fraction of sp³-hybridized carbons (Fsp3) is 0.400. The third kappa shape index (κ3) is 3.67. The minimum Gasteiger partial charge on any atom is -0.490 e. The minimum absolute atomic E-state index is 0.136. The van der Waals surface area contributed by atoms with E-state index in [4.69, 9.17) is 4.74 Å². The van der Waals surface area contributed by atoms with Gasteiger partial charge in [0.15, 0.2) is 11.6 Å². The van der Waals surface area contributed by atoms with Gasteiger partial charge in [-0.15, -0.1) is 5.10 Å². The van der Waals surface area contributed by atoms with Gasteiger partial charge in [-0.25, -0.2) is 13.9 Å². The smallest absolute Gasteiger partial charge is 0.293 e. The molecule has 0 aliphatic carbocycles. The van der Waals surface area contributed by atoms with Gasteiger partial charge in [0, 0.05) is 30.4 Å². The van der Waals surface area contributed by atoms with Crippen LogP contribution in [0.25, 0.3) is 5.78 Å². The van der Waals surface area contributed by atoms with Crippen molar-refractivity contribution in [3.63, 3.8) is 0 Å². The predicted molar refractivity (Wildman–Crippen MR) is 101 cm³/mol. The van der Waals surface area contributed by atoms with Crippen molar-refractivity contribution < 1.29 is 13.9 Å². The molecule has 2 aromatic heterocycles. The maximum Gasteiger partial charge on any atom is 0.293 e. The Balaban J connectivity index is 1.45. The van der Waals surface area contributed by atoms with Gasteiger partial charge in [0.2, 0.25) is 5.82 Å². The molecule has 8 heteroatoms. The number of likely N-dealkylation sites (tertiary alicyclic amines) is 1. The van der Waals surface area contributed by atoms with E-state index in [-0.39, 0.29) is 29.2 Å². The molecule has 28 heavy (non-hydrogen) atoms. The number of carbonyl (C=O) groups excluding carboxylic acids is 1. The first-order chi connectivity index (χ1) is 13.5. The minimum atomic E-state index is -0.377. The summed E-state index contributed by atoms with van der Waals surface area (Å²) in [5.41, 5.74) is 1.71. The van der Waals surface area contributed by atoms with Crippen molar-refractivity contribution in [3.8, 4) is 5.75 Å². The van der Waals surface area contributed by atoms with Gasteiger partial charge < -0.3 is 9.64 Å². The van der Waals surface area contributed by atoms with Gasteiger partial charge >= 0.3 is 0 Å². The fourth-order valence-electron chi connectivity index (χ4n) is 3.55. The lowest BCUT2D eigenvalue weighted by atomic mass is 9.99. The lowest BCUT2D eigenvalue weighted by Gasteiger charge is -2.31. The number of amides is 1. The molecule has 0 radical (unpaired) electrons. The van der Waals surface area contributed by atoms with Gasteiger partial charge in [-0.2, -0.15) is 4.98 Å². The highest BCUT2D eigenvalue weighted by Crippen LogP contribution is 2.21. The zero-order chi connectivity index (χ0) is 19.7. The average Bonchev–Trinajstić information content (AvgIpc) is 3.11. The van der Waals surface area contributed by atoms with Crippen LogP contribution in [-0.2, 0) is 0 Å². The number of hydrogen-bond acceptors (Lipinski definition) is 5. The van der Waals surface area contributed by atoms with Gasteiger partial charge in [-0.05, 0) is 44.9 Å². The maximum absolute atomic E-state index is 13.7. The lowest BCUT2D eigenvalue weighted by molar-refractivity contribution is 0.0619. The molecule has 1 amide bonds. The maximum atomic E-state index is 13.7. The molecule has 1 fully saturated rings. The molecule has 146 valence electrons. The molecule has 1 saturated heterocycles. The van der Waals surface area contributed by atoms with Crippen molar-refractivity contribution in [2.45, 2.75) is 26.7 Å². The topological polar surface area (TPSA) is 72.6 Å². The van der Waals surface area contributed by atoms with Crippen LogP contribution in [0.3, 0.4) is 0 Å². The van der Waals surface area contributed by atoms with E-state index in [1.54, 1.807) is 27.6 Å². The number of halogens is 1. The Morgan fingerprint density at radius 1 is 1.29 bits per heavy atom. The third-order valence-corrected chi connectivity index (χ3v) is 4.93. The highest BCUT2D eigenvalue weighted by Gasteiger charge is 2.28. The third-order valence-electron chi connectivity index (χ3n) is 4.93. The quantitative estimate of drug-likeness (QED) is 0.693. The van der Waals surface area contributed by atoms with Gasteiger partial charge in [0.1, 0.15) is 0 Å². The van der Waals surface area contributed by atoms with Gasteiger partial charge in [-0.1, -0.05) is 12.1 Å². The number of aryl methyl sites for hydroxylation is 2. The molecule has 1 aliphatic rings. The van der Waals surface area contributed by atoms with E-state index in [9.17, 15) is 9.18 Å². The average molecular weight is 383 g/mol. The monoisotopic (exact) mass is 383 g/mol. The molecule has 4 rings (SSSR count). The summed E-state index contributed by atoms with van der Waals surface area (Å²) in [4.78, 5) is 23.3.